The zero-order valence-corrected chi connectivity index (χ0v) is 16.9. The molecule has 142 valence electrons. The van der Waals surface area contributed by atoms with Crippen molar-refractivity contribution in [3.05, 3.63) is 83.0 Å². The molecule has 0 fully saturated rings. The standard InChI is InChI=1S/C23H23N3OS/c1-3-17-9-11-19(12-10-17)21-15-26-20(16-28-23(26)24-21)13-22(27)25(2)14-18-7-5-4-6-8-18/h4-12,15-16H,3,13-14H2,1-2H3. The van der Waals surface area contributed by atoms with Crippen LogP contribution in [0.15, 0.2) is 66.2 Å². The molecule has 0 aliphatic rings. The minimum Gasteiger partial charge on any atom is -0.341 e. The molecule has 2 aromatic heterocycles. The molecular weight excluding hydrogens is 366 g/mol. The summed E-state index contributed by atoms with van der Waals surface area (Å²) in [5.74, 6) is 0.103. The number of hydrogen-bond acceptors (Lipinski definition) is 3. The maximum Gasteiger partial charge on any atom is 0.228 e. The van der Waals surface area contributed by atoms with Gasteiger partial charge in [0.2, 0.25) is 5.91 Å². The molecule has 0 saturated heterocycles. The van der Waals surface area contributed by atoms with Gasteiger partial charge in [-0.2, -0.15) is 0 Å². The number of nitrogens with zero attached hydrogens (tertiary/aromatic N) is 3. The minimum absolute atomic E-state index is 0.103. The number of fused-ring (bicyclic) bond motifs is 1. The monoisotopic (exact) mass is 389 g/mol. The van der Waals surface area contributed by atoms with Crippen LogP contribution in [0.4, 0.5) is 0 Å². The van der Waals surface area contributed by atoms with Crippen LogP contribution in [0.25, 0.3) is 16.2 Å². The van der Waals surface area contributed by atoms with E-state index in [4.69, 9.17) is 4.98 Å². The quantitative estimate of drug-likeness (QED) is 0.474. The summed E-state index contributed by atoms with van der Waals surface area (Å²) in [7, 11) is 1.85. The lowest BCUT2D eigenvalue weighted by molar-refractivity contribution is -0.129. The number of amides is 1. The third-order valence-corrected chi connectivity index (χ3v) is 5.85. The normalized spacial score (nSPS) is 11.1. The van der Waals surface area contributed by atoms with Crippen molar-refractivity contribution in [3.8, 4) is 11.3 Å². The van der Waals surface area contributed by atoms with Crippen LogP contribution in [0.2, 0.25) is 0 Å². The molecule has 0 radical (unpaired) electrons. The molecule has 5 heteroatoms. The predicted molar refractivity (Wildman–Crippen MR) is 115 cm³/mol. The summed E-state index contributed by atoms with van der Waals surface area (Å²) < 4.78 is 2.04. The molecule has 0 N–H and O–H groups in total. The molecule has 2 aromatic carbocycles. The Labute approximate surface area is 169 Å². The number of likely N-dealkylation sites (N-methyl/N-ethyl adjacent to an activating group) is 1. The molecule has 4 nitrogen and oxygen atoms in total. The highest BCUT2D eigenvalue weighted by molar-refractivity contribution is 7.15. The van der Waals surface area contributed by atoms with Crippen LogP contribution in [0.3, 0.4) is 0 Å². The van der Waals surface area contributed by atoms with Gasteiger partial charge in [0.1, 0.15) is 0 Å². The van der Waals surface area contributed by atoms with Crippen LogP contribution in [0, 0.1) is 0 Å². The first kappa shape index (κ1) is 18.4. The molecule has 0 unspecified atom stereocenters. The molecule has 2 heterocycles. The SMILES string of the molecule is CCc1ccc(-c2cn3c(CC(=O)N(C)Cc4ccccc4)csc3n2)cc1. The molecule has 0 bridgehead atoms. The highest BCUT2D eigenvalue weighted by atomic mass is 32.1. The van der Waals surface area contributed by atoms with Crippen LogP contribution in [0.1, 0.15) is 23.7 Å². The molecule has 28 heavy (non-hydrogen) atoms. The Morgan fingerprint density at radius 2 is 1.82 bits per heavy atom. The topological polar surface area (TPSA) is 37.6 Å². The number of carbonyl (C=O) groups is 1. The van der Waals surface area contributed by atoms with Crippen molar-refractivity contribution < 1.29 is 4.79 Å². The summed E-state index contributed by atoms with van der Waals surface area (Å²) in [6, 6.07) is 18.6. The summed E-state index contributed by atoms with van der Waals surface area (Å²) in [6.45, 7) is 2.77. The van der Waals surface area contributed by atoms with E-state index in [9.17, 15) is 4.79 Å². The van der Waals surface area contributed by atoms with Gasteiger partial charge in [0, 0.05) is 36.4 Å². The Bertz CT molecular complexity index is 1080. The molecule has 4 aromatic rings. The third-order valence-electron chi connectivity index (χ3n) is 4.96. The van der Waals surface area contributed by atoms with Gasteiger partial charge in [0.25, 0.3) is 0 Å². The van der Waals surface area contributed by atoms with E-state index in [2.05, 4.69) is 31.2 Å². The van der Waals surface area contributed by atoms with Crippen molar-refractivity contribution in [2.45, 2.75) is 26.3 Å². The number of imidazole rings is 1. The molecule has 0 saturated carbocycles. The van der Waals surface area contributed by atoms with Crippen LogP contribution < -0.4 is 0 Å². The summed E-state index contributed by atoms with van der Waals surface area (Å²) in [5.41, 5.74) is 5.48. The summed E-state index contributed by atoms with van der Waals surface area (Å²) in [5, 5.41) is 2.03. The Hall–Kier alpha value is -2.92. The van der Waals surface area contributed by atoms with Gasteiger partial charge in [-0.05, 0) is 17.5 Å². The Balaban J connectivity index is 1.51. The fourth-order valence-electron chi connectivity index (χ4n) is 3.24. The summed E-state index contributed by atoms with van der Waals surface area (Å²) in [4.78, 5) is 20.1. The highest BCUT2D eigenvalue weighted by Crippen LogP contribution is 2.24. The smallest absolute Gasteiger partial charge is 0.228 e. The first-order valence-electron chi connectivity index (χ1n) is 9.46. The van der Waals surface area contributed by atoms with E-state index in [1.54, 1.807) is 16.2 Å². The van der Waals surface area contributed by atoms with E-state index in [1.165, 1.54) is 5.56 Å². The molecule has 1 amide bonds. The molecule has 0 atom stereocenters. The molecule has 0 aliphatic heterocycles. The zero-order chi connectivity index (χ0) is 19.5. The first-order valence-corrected chi connectivity index (χ1v) is 10.3. The Kier molecular flexibility index (Phi) is 5.26. The first-order chi connectivity index (χ1) is 13.6. The van der Waals surface area contributed by atoms with Crippen LogP contribution in [-0.2, 0) is 24.2 Å². The third kappa shape index (κ3) is 3.85. The van der Waals surface area contributed by atoms with Gasteiger partial charge in [-0.3, -0.25) is 9.20 Å². The average Bonchev–Trinajstić information content (AvgIpc) is 3.31. The average molecular weight is 390 g/mol. The summed E-state index contributed by atoms with van der Waals surface area (Å²) >= 11 is 1.58. The summed E-state index contributed by atoms with van der Waals surface area (Å²) in [6.07, 6.45) is 3.43. The Morgan fingerprint density at radius 3 is 2.54 bits per heavy atom. The number of aryl methyl sites for hydroxylation is 1. The van der Waals surface area contributed by atoms with Gasteiger partial charge in [-0.1, -0.05) is 61.5 Å². The van der Waals surface area contributed by atoms with Crippen molar-refractivity contribution >= 4 is 22.2 Å². The number of carbonyl (C=O) groups excluding carboxylic acids is 1. The highest BCUT2D eigenvalue weighted by Gasteiger charge is 2.15. The number of thiazole rings is 1. The van der Waals surface area contributed by atoms with Crippen molar-refractivity contribution in [1.29, 1.82) is 0 Å². The molecule has 4 rings (SSSR count). The second-order valence-corrected chi connectivity index (χ2v) is 7.80. The van der Waals surface area contributed by atoms with Gasteiger partial charge < -0.3 is 4.90 Å². The fraction of sp³-hybridized carbons (Fsp3) is 0.217. The van der Waals surface area contributed by atoms with Crippen LogP contribution in [0.5, 0.6) is 0 Å². The van der Waals surface area contributed by atoms with E-state index >= 15 is 0 Å². The van der Waals surface area contributed by atoms with Crippen molar-refractivity contribution in [2.75, 3.05) is 7.05 Å². The molecule has 0 spiro atoms. The van der Waals surface area contributed by atoms with E-state index < -0.39 is 0 Å². The fourth-order valence-corrected chi connectivity index (χ4v) is 4.12. The maximum atomic E-state index is 12.7. The van der Waals surface area contributed by atoms with Crippen LogP contribution in [-0.4, -0.2) is 27.2 Å². The van der Waals surface area contributed by atoms with E-state index in [0.29, 0.717) is 13.0 Å². The maximum absolute atomic E-state index is 12.7. The van der Waals surface area contributed by atoms with Crippen molar-refractivity contribution in [1.82, 2.24) is 14.3 Å². The second kappa shape index (κ2) is 7.98. The molecular formula is C23H23N3OS. The van der Waals surface area contributed by atoms with Crippen molar-refractivity contribution in [2.24, 2.45) is 0 Å². The number of benzene rings is 2. The Morgan fingerprint density at radius 1 is 1.07 bits per heavy atom. The largest absolute Gasteiger partial charge is 0.341 e. The van der Waals surface area contributed by atoms with E-state index in [0.717, 1.165) is 33.9 Å². The van der Waals surface area contributed by atoms with E-state index in [-0.39, 0.29) is 5.91 Å². The van der Waals surface area contributed by atoms with Gasteiger partial charge in [-0.15, -0.1) is 11.3 Å². The lowest BCUT2D eigenvalue weighted by Crippen LogP contribution is -2.28. The lowest BCUT2D eigenvalue weighted by Gasteiger charge is -2.17. The van der Waals surface area contributed by atoms with E-state index in [1.807, 2.05) is 53.4 Å². The zero-order valence-electron chi connectivity index (χ0n) is 16.1. The predicted octanol–water partition coefficient (Wildman–Crippen LogP) is 4.83. The van der Waals surface area contributed by atoms with Gasteiger partial charge >= 0.3 is 0 Å². The van der Waals surface area contributed by atoms with Gasteiger partial charge in [0.15, 0.2) is 4.96 Å². The number of hydrogen-bond donors (Lipinski definition) is 0. The van der Waals surface area contributed by atoms with Gasteiger partial charge in [-0.25, -0.2) is 4.98 Å². The van der Waals surface area contributed by atoms with Crippen molar-refractivity contribution in [3.63, 3.8) is 0 Å². The number of rotatable bonds is 6. The lowest BCUT2D eigenvalue weighted by atomic mass is 10.1. The second-order valence-electron chi connectivity index (χ2n) is 6.97. The van der Waals surface area contributed by atoms with Crippen LogP contribution >= 0.6 is 11.3 Å². The van der Waals surface area contributed by atoms with Gasteiger partial charge in [0.05, 0.1) is 12.1 Å². The number of aromatic nitrogens is 2. The minimum atomic E-state index is 0.103. The molecule has 0 aliphatic carbocycles.